The number of hydrogen-bond donors (Lipinski definition) is 3. The number of carbonyl (C=O) groups excluding carboxylic acids is 3. The second-order valence-corrected chi connectivity index (χ2v) is 7.43. The molecule has 0 saturated carbocycles. The number of anilines is 1. The van der Waals surface area contributed by atoms with Crippen LogP contribution in [0.3, 0.4) is 0 Å². The first kappa shape index (κ1) is 21.4. The highest BCUT2D eigenvalue weighted by atomic mass is 79.9. The maximum Gasteiger partial charge on any atom is 0.273 e. The quantitative estimate of drug-likeness (QED) is 0.590. The Balaban J connectivity index is 2.02. The third kappa shape index (κ3) is 6.38. The van der Waals surface area contributed by atoms with Crippen LogP contribution in [-0.2, 0) is 4.79 Å². The van der Waals surface area contributed by atoms with E-state index in [9.17, 15) is 14.4 Å². The Morgan fingerprint density at radius 3 is 2.25 bits per heavy atom. The van der Waals surface area contributed by atoms with E-state index in [1.165, 1.54) is 6.92 Å². The first-order chi connectivity index (χ1) is 13.3. The normalized spacial score (nSPS) is 10.3. The van der Waals surface area contributed by atoms with Gasteiger partial charge in [-0.25, -0.2) is 0 Å². The highest BCUT2D eigenvalue weighted by Gasteiger charge is 2.15. The van der Waals surface area contributed by atoms with Crippen LogP contribution < -0.4 is 20.9 Å². The molecule has 2 aromatic carbocycles. The Kier molecular flexibility index (Phi) is 7.57. The molecular formula is C20H22BrN3O4. The maximum absolute atomic E-state index is 12.5. The monoisotopic (exact) mass is 447 g/mol. The van der Waals surface area contributed by atoms with E-state index < -0.39 is 11.8 Å². The minimum Gasteiger partial charge on any atom is -0.492 e. The molecule has 3 N–H and O–H groups in total. The van der Waals surface area contributed by atoms with Crippen LogP contribution in [0.4, 0.5) is 5.69 Å². The summed E-state index contributed by atoms with van der Waals surface area (Å²) in [6.45, 7) is 5.89. The molecule has 0 aliphatic carbocycles. The van der Waals surface area contributed by atoms with Crippen molar-refractivity contribution >= 4 is 39.3 Å². The fraction of sp³-hybridized carbons (Fsp3) is 0.250. The average molecular weight is 448 g/mol. The molecule has 0 bridgehead atoms. The third-order valence-electron chi connectivity index (χ3n) is 3.52. The molecule has 0 atom stereocenters. The summed E-state index contributed by atoms with van der Waals surface area (Å²) in [6, 6.07) is 11.4. The van der Waals surface area contributed by atoms with Crippen molar-refractivity contribution in [1.82, 2.24) is 10.9 Å². The number of benzene rings is 2. The van der Waals surface area contributed by atoms with Gasteiger partial charge in [0.1, 0.15) is 5.75 Å². The zero-order valence-corrected chi connectivity index (χ0v) is 17.4. The summed E-state index contributed by atoms with van der Waals surface area (Å²) in [5.74, 6) is -0.442. The van der Waals surface area contributed by atoms with Crippen molar-refractivity contribution in [3.8, 4) is 5.75 Å². The molecule has 8 heteroatoms. The summed E-state index contributed by atoms with van der Waals surface area (Å²) in [6.07, 6.45) is 0. The topological polar surface area (TPSA) is 96.5 Å². The number of halogens is 1. The molecule has 0 aliphatic heterocycles. The summed E-state index contributed by atoms with van der Waals surface area (Å²) >= 11 is 3.33. The molecular weight excluding hydrogens is 426 g/mol. The average Bonchev–Trinajstić information content (AvgIpc) is 2.64. The van der Waals surface area contributed by atoms with Gasteiger partial charge in [-0.2, -0.15) is 0 Å². The van der Waals surface area contributed by atoms with E-state index in [0.717, 1.165) is 4.47 Å². The van der Waals surface area contributed by atoms with Crippen LogP contribution in [0.15, 0.2) is 46.9 Å². The Morgan fingerprint density at radius 1 is 1.00 bits per heavy atom. The van der Waals surface area contributed by atoms with Crippen LogP contribution in [0.1, 0.15) is 41.5 Å². The van der Waals surface area contributed by atoms with Crippen molar-refractivity contribution in [1.29, 1.82) is 0 Å². The van der Waals surface area contributed by atoms with Crippen molar-refractivity contribution in [2.75, 3.05) is 11.9 Å². The van der Waals surface area contributed by atoms with E-state index in [1.54, 1.807) is 42.5 Å². The Hall–Kier alpha value is -2.87. The molecule has 28 heavy (non-hydrogen) atoms. The number of amides is 3. The van der Waals surface area contributed by atoms with Gasteiger partial charge in [0, 0.05) is 22.6 Å². The molecule has 0 saturated heterocycles. The molecule has 0 aromatic heterocycles. The summed E-state index contributed by atoms with van der Waals surface area (Å²) in [5.41, 5.74) is 5.98. The maximum atomic E-state index is 12.5. The van der Waals surface area contributed by atoms with Crippen LogP contribution in [0, 0.1) is 5.92 Å². The van der Waals surface area contributed by atoms with E-state index in [2.05, 4.69) is 32.1 Å². The van der Waals surface area contributed by atoms with Gasteiger partial charge >= 0.3 is 0 Å². The van der Waals surface area contributed by atoms with Gasteiger partial charge in [0.05, 0.1) is 12.2 Å². The largest absolute Gasteiger partial charge is 0.492 e. The van der Waals surface area contributed by atoms with Crippen LogP contribution in [0.2, 0.25) is 0 Å². The molecule has 148 valence electrons. The van der Waals surface area contributed by atoms with Crippen molar-refractivity contribution in [2.45, 2.75) is 20.8 Å². The lowest BCUT2D eigenvalue weighted by Gasteiger charge is -2.14. The van der Waals surface area contributed by atoms with Crippen LogP contribution in [0.5, 0.6) is 5.75 Å². The third-order valence-corrected chi connectivity index (χ3v) is 4.01. The molecule has 0 heterocycles. The number of hydrazine groups is 1. The van der Waals surface area contributed by atoms with Crippen molar-refractivity contribution in [3.63, 3.8) is 0 Å². The van der Waals surface area contributed by atoms with Gasteiger partial charge in [0.2, 0.25) is 5.91 Å². The van der Waals surface area contributed by atoms with Crippen LogP contribution in [-0.4, -0.2) is 24.3 Å². The smallest absolute Gasteiger partial charge is 0.273 e. The fourth-order valence-corrected chi connectivity index (χ4v) is 2.58. The molecule has 2 rings (SSSR count). The zero-order chi connectivity index (χ0) is 20.7. The second-order valence-electron chi connectivity index (χ2n) is 6.51. The first-order valence-corrected chi connectivity index (χ1v) is 9.46. The summed E-state index contributed by atoms with van der Waals surface area (Å²) in [4.78, 5) is 35.8. The number of carbonyl (C=O) groups is 3. The number of ether oxygens (including phenoxy) is 1. The standard InChI is InChI=1S/C20H22BrN3O4/c1-12(2)11-28-18-9-6-15(21)10-17(18)20(27)24-23-19(26)14-4-7-16(8-5-14)22-13(3)25/h4-10,12H,11H2,1-3H3,(H,22,25)(H,23,26)(H,24,27). The zero-order valence-electron chi connectivity index (χ0n) is 15.8. The number of nitrogens with one attached hydrogen (secondary N) is 3. The molecule has 0 radical (unpaired) electrons. The second kappa shape index (κ2) is 9.89. The summed E-state index contributed by atoms with van der Waals surface area (Å²) in [7, 11) is 0. The number of rotatable bonds is 6. The van der Waals surface area contributed by atoms with Gasteiger partial charge in [-0.05, 0) is 48.4 Å². The Labute approximate surface area is 171 Å². The molecule has 0 aliphatic rings. The van der Waals surface area contributed by atoms with Gasteiger partial charge in [0.25, 0.3) is 11.8 Å². The first-order valence-electron chi connectivity index (χ1n) is 8.67. The molecule has 0 unspecified atom stereocenters. The van der Waals surface area contributed by atoms with Crippen molar-refractivity contribution in [3.05, 3.63) is 58.1 Å². The summed E-state index contributed by atoms with van der Waals surface area (Å²) in [5, 5.41) is 2.62. The Bertz CT molecular complexity index is 866. The minimum atomic E-state index is -0.497. The molecule has 0 fully saturated rings. The van der Waals surface area contributed by atoms with Gasteiger partial charge in [-0.1, -0.05) is 29.8 Å². The van der Waals surface area contributed by atoms with E-state index >= 15 is 0 Å². The van der Waals surface area contributed by atoms with E-state index in [1.807, 2.05) is 13.8 Å². The van der Waals surface area contributed by atoms with Crippen LogP contribution in [0.25, 0.3) is 0 Å². The Morgan fingerprint density at radius 2 is 1.64 bits per heavy atom. The predicted molar refractivity (Wildman–Crippen MR) is 110 cm³/mol. The van der Waals surface area contributed by atoms with E-state index in [-0.39, 0.29) is 5.91 Å². The highest BCUT2D eigenvalue weighted by molar-refractivity contribution is 9.10. The van der Waals surface area contributed by atoms with Gasteiger partial charge in [-0.3, -0.25) is 25.2 Å². The lowest BCUT2D eigenvalue weighted by atomic mass is 10.2. The molecule has 2 aromatic rings. The van der Waals surface area contributed by atoms with Gasteiger partial charge in [0.15, 0.2) is 0 Å². The molecule has 3 amide bonds. The summed E-state index contributed by atoms with van der Waals surface area (Å²) < 4.78 is 6.40. The molecule has 7 nitrogen and oxygen atoms in total. The van der Waals surface area contributed by atoms with Gasteiger partial charge < -0.3 is 10.1 Å². The SMILES string of the molecule is CC(=O)Nc1ccc(C(=O)NNC(=O)c2cc(Br)ccc2OCC(C)C)cc1. The molecule has 0 spiro atoms. The van der Waals surface area contributed by atoms with E-state index in [0.29, 0.717) is 35.1 Å². The minimum absolute atomic E-state index is 0.200. The lowest BCUT2D eigenvalue weighted by Crippen LogP contribution is -2.41. The fourth-order valence-electron chi connectivity index (χ4n) is 2.22. The van der Waals surface area contributed by atoms with Crippen molar-refractivity contribution < 1.29 is 19.1 Å². The predicted octanol–water partition coefficient (Wildman–Crippen LogP) is 3.52. The lowest BCUT2D eigenvalue weighted by molar-refractivity contribution is -0.114. The highest BCUT2D eigenvalue weighted by Crippen LogP contribution is 2.23. The van der Waals surface area contributed by atoms with Gasteiger partial charge in [-0.15, -0.1) is 0 Å². The van der Waals surface area contributed by atoms with Crippen molar-refractivity contribution in [2.24, 2.45) is 5.92 Å². The van der Waals surface area contributed by atoms with Crippen LogP contribution >= 0.6 is 15.9 Å². The van der Waals surface area contributed by atoms with E-state index in [4.69, 9.17) is 4.74 Å². The number of hydrogen-bond acceptors (Lipinski definition) is 4.